The second kappa shape index (κ2) is 9.07. The Morgan fingerprint density at radius 2 is 2.21 bits per heavy atom. The SMILES string of the molecule is COCCn1nc2c(c1C(=O)NCc1ccc(C#N)c(OC)c1)C[C@H](C)O[C@@H]2C. The van der Waals surface area contributed by atoms with Gasteiger partial charge >= 0.3 is 0 Å². The minimum atomic E-state index is -0.195. The number of methoxy groups -OCH3 is 2. The largest absolute Gasteiger partial charge is 0.495 e. The van der Waals surface area contributed by atoms with Gasteiger partial charge < -0.3 is 19.5 Å². The number of carbonyl (C=O) groups is 1. The quantitative estimate of drug-likeness (QED) is 0.769. The monoisotopic (exact) mass is 398 g/mol. The Bertz CT molecular complexity index is 931. The number of benzene rings is 1. The van der Waals surface area contributed by atoms with E-state index in [1.807, 2.05) is 13.8 Å². The van der Waals surface area contributed by atoms with Crippen LogP contribution in [0.5, 0.6) is 5.75 Å². The second-order valence-corrected chi connectivity index (χ2v) is 7.05. The fraction of sp³-hybridized carbons (Fsp3) is 0.476. The molecule has 1 amide bonds. The maximum atomic E-state index is 13.1. The third kappa shape index (κ3) is 4.42. The van der Waals surface area contributed by atoms with E-state index in [4.69, 9.17) is 19.5 Å². The molecular weight excluding hydrogens is 372 g/mol. The van der Waals surface area contributed by atoms with Gasteiger partial charge in [0.25, 0.3) is 5.91 Å². The fourth-order valence-electron chi connectivity index (χ4n) is 3.59. The van der Waals surface area contributed by atoms with Crippen LogP contribution in [0.4, 0.5) is 0 Å². The number of rotatable bonds is 7. The molecule has 154 valence electrons. The van der Waals surface area contributed by atoms with Crippen LogP contribution in [-0.2, 0) is 29.0 Å². The van der Waals surface area contributed by atoms with Crippen molar-refractivity contribution in [1.29, 1.82) is 5.26 Å². The van der Waals surface area contributed by atoms with Crippen LogP contribution >= 0.6 is 0 Å². The average molecular weight is 398 g/mol. The molecule has 8 heteroatoms. The minimum absolute atomic E-state index is 0.0203. The molecule has 1 aromatic carbocycles. The van der Waals surface area contributed by atoms with Crippen molar-refractivity contribution in [2.75, 3.05) is 20.8 Å². The van der Waals surface area contributed by atoms with Crippen molar-refractivity contribution in [2.45, 2.75) is 45.6 Å². The van der Waals surface area contributed by atoms with E-state index in [1.54, 1.807) is 30.0 Å². The first-order chi connectivity index (χ1) is 14.0. The minimum Gasteiger partial charge on any atom is -0.495 e. The van der Waals surface area contributed by atoms with Gasteiger partial charge in [-0.15, -0.1) is 0 Å². The highest BCUT2D eigenvalue weighted by molar-refractivity contribution is 5.94. The van der Waals surface area contributed by atoms with Crippen molar-refractivity contribution in [3.63, 3.8) is 0 Å². The van der Waals surface area contributed by atoms with Crippen molar-refractivity contribution in [1.82, 2.24) is 15.1 Å². The van der Waals surface area contributed by atoms with Gasteiger partial charge in [0, 0.05) is 25.6 Å². The van der Waals surface area contributed by atoms with Gasteiger partial charge in [0.15, 0.2) is 0 Å². The summed E-state index contributed by atoms with van der Waals surface area (Å²) in [6, 6.07) is 7.33. The zero-order chi connectivity index (χ0) is 21.0. The van der Waals surface area contributed by atoms with Crippen LogP contribution in [0.3, 0.4) is 0 Å². The lowest BCUT2D eigenvalue weighted by atomic mass is 9.99. The van der Waals surface area contributed by atoms with Crippen molar-refractivity contribution in [3.8, 4) is 11.8 Å². The normalized spacial score (nSPS) is 18.0. The first-order valence-electron chi connectivity index (χ1n) is 9.57. The molecule has 0 unspecified atom stereocenters. The van der Waals surface area contributed by atoms with Gasteiger partial charge in [-0.05, 0) is 31.5 Å². The Labute approximate surface area is 170 Å². The molecular formula is C21H26N4O4. The summed E-state index contributed by atoms with van der Waals surface area (Å²) < 4.78 is 18.0. The summed E-state index contributed by atoms with van der Waals surface area (Å²) in [6.07, 6.45) is 0.499. The van der Waals surface area contributed by atoms with E-state index < -0.39 is 0 Å². The van der Waals surface area contributed by atoms with Crippen LogP contribution < -0.4 is 10.1 Å². The van der Waals surface area contributed by atoms with E-state index in [-0.39, 0.29) is 18.1 Å². The predicted molar refractivity (Wildman–Crippen MR) is 106 cm³/mol. The second-order valence-electron chi connectivity index (χ2n) is 7.05. The van der Waals surface area contributed by atoms with E-state index in [2.05, 4.69) is 16.5 Å². The number of ether oxygens (including phenoxy) is 3. The molecule has 2 atom stereocenters. The van der Waals surface area contributed by atoms with E-state index in [0.717, 1.165) is 16.8 Å². The predicted octanol–water partition coefficient (Wildman–Crippen LogP) is 2.36. The summed E-state index contributed by atoms with van der Waals surface area (Å²) >= 11 is 0. The van der Waals surface area contributed by atoms with E-state index in [1.165, 1.54) is 7.11 Å². The standard InChI is InChI=1S/C21H26N4O4/c1-13-9-17-19(14(2)29-13)24-25(7-8-27-3)20(17)21(26)23-12-15-5-6-16(11-22)18(10-15)28-4/h5-6,10,13-14H,7-9,12H2,1-4H3,(H,23,26)/t13-,14+/m0/s1. The molecule has 0 fully saturated rings. The lowest BCUT2D eigenvalue weighted by Gasteiger charge is -2.24. The molecule has 0 saturated heterocycles. The molecule has 2 aromatic rings. The molecule has 2 heterocycles. The number of fused-ring (bicyclic) bond motifs is 1. The van der Waals surface area contributed by atoms with Crippen LogP contribution in [0.25, 0.3) is 0 Å². The number of aromatic nitrogens is 2. The zero-order valence-electron chi connectivity index (χ0n) is 17.2. The number of carbonyl (C=O) groups excluding carboxylic acids is 1. The molecule has 0 spiro atoms. The molecule has 0 bridgehead atoms. The van der Waals surface area contributed by atoms with Crippen LogP contribution in [0.1, 0.15) is 52.8 Å². The Kier molecular flexibility index (Phi) is 6.52. The highest BCUT2D eigenvalue weighted by Crippen LogP contribution is 2.31. The van der Waals surface area contributed by atoms with Crippen molar-refractivity contribution in [3.05, 3.63) is 46.3 Å². The maximum Gasteiger partial charge on any atom is 0.270 e. The van der Waals surface area contributed by atoms with Gasteiger partial charge in [0.2, 0.25) is 0 Å². The number of hydrogen-bond donors (Lipinski definition) is 1. The summed E-state index contributed by atoms with van der Waals surface area (Å²) in [5.74, 6) is 0.293. The van der Waals surface area contributed by atoms with Crippen molar-refractivity contribution >= 4 is 5.91 Å². The summed E-state index contributed by atoms with van der Waals surface area (Å²) in [7, 11) is 3.14. The molecule has 0 aliphatic carbocycles. The summed E-state index contributed by atoms with van der Waals surface area (Å²) in [6.45, 7) is 5.20. The topological polar surface area (TPSA) is 98.4 Å². The number of amides is 1. The number of hydrogen-bond acceptors (Lipinski definition) is 6. The van der Waals surface area contributed by atoms with Crippen LogP contribution in [-0.4, -0.2) is 42.6 Å². The van der Waals surface area contributed by atoms with Gasteiger partial charge in [-0.25, -0.2) is 0 Å². The summed E-state index contributed by atoms with van der Waals surface area (Å²) in [4.78, 5) is 13.1. The third-order valence-corrected chi connectivity index (χ3v) is 4.96. The van der Waals surface area contributed by atoms with Gasteiger partial charge in [0.05, 0.1) is 43.7 Å². The highest BCUT2D eigenvalue weighted by atomic mass is 16.5. The highest BCUT2D eigenvalue weighted by Gasteiger charge is 2.32. The maximum absolute atomic E-state index is 13.1. The Morgan fingerprint density at radius 3 is 2.90 bits per heavy atom. The van der Waals surface area contributed by atoms with Gasteiger partial charge in [-0.3, -0.25) is 9.48 Å². The van der Waals surface area contributed by atoms with Gasteiger partial charge in [0.1, 0.15) is 17.5 Å². The fourth-order valence-corrected chi connectivity index (χ4v) is 3.59. The van der Waals surface area contributed by atoms with E-state index in [9.17, 15) is 4.79 Å². The van der Waals surface area contributed by atoms with Crippen molar-refractivity contribution < 1.29 is 19.0 Å². The molecule has 0 saturated carbocycles. The lowest BCUT2D eigenvalue weighted by molar-refractivity contribution is -0.00716. The third-order valence-electron chi connectivity index (χ3n) is 4.96. The molecule has 1 N–H and O–H groups in total. The zero-order valence-corrected chi connectivity index (χ0v) is 17.2. The van der Waals surface area contributed by atoms with Crippen LogP contribution in [0, 0.1) is 11.3 Å². The molecule has 1 aliphatic rings. The molecule has 8 nitrogen and oxygen atoms in total. The van der Waals surface area contributed by atoms with Gasteiger partial charge in [-0.2, -0.15) is 10.4 Å². The first kappa shape index (κ1) is 20.8. The number of nitrogens with zero attached hydrogens (tertiary/aromatic N) is 3. The van der Waals surface area contributed by atoms with Crippen LogP contribution in [0.2, 0.25) is 0 Å². The first-order valence-corrected chi connectivity index (χ1v) is 9.57. The average Bonchev–Trinajstić information content (AvgIpc) is 3.08. The molecule has 0 radical (unpaired) electrons. The Balaban J connectivity index is 1.84. The van der Waals surface area contributed by atoms with Crippen molar-refractivity contribution in [2.24, 2.45) is 0 Å². The van der Waals surface area contributed by atoms with E-state index >= 15 is 0 Å². The molecule has 29 heavy (non-hydrogen) atoms. The number of nitrogens with one attached hydrogen (secondary N) is 1. The lowest BCUT2D eigenvalue weighted by Crippen LogP contribution is -2.29. The Hall–Kier alpha value is -2.89. The summed E-state index contributed by atoms with van der Waals surface area (Å²) in [5, 5.41) is 16.7. The smallest absolute Gasteiger partial charge is 0.270 e. The molecule has 1 aromatic heterocycles. The Morgan fingerprint density at radius 1 is 1.41 bits per heavy atom. The van der Waals surface area contributed by atoms with E-state index in [0.29, 0.717) is 43.1 Å². The van der Waals surface area contributed by atoms with Crippen LogP contribution in [0.15, 0.2) is 18.2 Å². The molecule has 1 aliphatic heterocycles. The van der Waals surface area contributed by atoms with Gasteiger partial charge in [-0.1, -0.05) is 6.07 Å². The number of nitriles is 1. The summed E-state index contributed by atoms with van der Waals surface area (Å²) in [5.41, 5.74) is 3.60. The molecule has 3 rings (SSSR count).